The van der Waals surface area contributed by atoms with Crippen LogP contribution in [0.3, 0.4) is 0 Å². The fourth-order valence-electron chi connectivity index (χ4n) is 2.82. The Morgan fingerprint density at radius 2 is 1.93 bits per heavy atom. The van der Waals surface area contributed by atoms with Crippen molar-refractivity contribution in [3.05, 3.63) is 66.3 Å². The van der Waals surface area contributed by atoms with Gasteiger partial charge in [-0.2, -0.15) is 9.97 Å². The highest BCUT2D eigenvalue weighted by Gasteiger charge is 2.17. The third kappa shape index (κ3) is 4.19. The molecule has 0 unspecified atom stereocenters. The van der Waals surface area contributed by atoms with Crippen LogP contribution in [-0.2, 0) is 6.54 Å². The van der Waals surface area contributed by atoms with E-state index < -0.39 is 0 Å². The minimum atomic E-state index is -0.298. The fraction of sp³-hybridized carbons (Fsp3) is 0.143. The summed E-state index contributed by atoms with van der Waals surface area (Å²) in [5.41, 5.74) is 2.43. The summed E-state index contributed by atoms with van der Waals surface area (Å²) in [5, 5.41) is 3.10. The van der Waals surface area contributed by atoms with Gasteiger partial charge in [-0.15, -0.1) is 0 Å². The molecule has 0 spiro atoms. The molecule has 4 rings (SSSR count). The van der Waals surface area contributed by atoms with Crippen molar-refractivity contribution < 1.29 is 18.3 Å². The average molecular weight is 407 g/mol. The molecule has 152 valence electrons. The van der Waals surface area contributed by atoms with Gasteiger partial charge in [0.1, 0.15) is 11.5 Å². The molecule has 8 nitrogen and oxygen atoms in total. The summed E-state index contributed by atoms with van der Waals surface area (Å²) in [4.78, 5) is 17.5. The van der Waals surface area contributed by atoms with Gasteiger partial charge in [-0.25, -0.2) is 14.4 Å². The number of hydrogen-bond donors (Lipinski definition) is 1. The second kappa shape index (κ2) is 8.56. The molecule has 0 atom stereocenters. The van der Waals surface area contributed by atoms with E-state index in [2.05, 4.69) is 25.3 Å². The third-order valence-electron chi connectivity index (χ3n) is 4.23. The lowest BCUT2D eigenvalue weighted by atomic mass is 10.1. The lowest BCUT2D eigenvalue weighted by molar-refractivity contribution is 0.352. The van der Waals surface area contributed by atoms with E-state index in [0.29, 0.717) is 41.1 Å². The van der Waals surface area contributed by atoms with Crippen LogP contribution in [0.4, 0.5) is 10.3 Å². The Bertz CT molecular complexity index is 1130. The van der Waals surface area contributed by atoms with E-state index in [1.54, 1.807) is 36.7 Å². The third-order valence-corrected chi connectivity index (χ3v) is 4.23. The van der Waals surface area contributed by atoms with Crippen molar-refractivity contribution in [2.24, 2.45) is 0 Å². The minimum absolute atomic E-state index is 0.156. The highest BCUT2D eigenvalue weighted by molar-refractivity contribution is 5.77. The van der Waals surface area contributed by atoms with Gasteiger partial charge in [0, 0.05) is 24.4 Å². The van der Waals surface area contributed by atoms with Gasteiger partial charge in [0.15, 0.2) is 5.76 Å². The molecule has 0 saturated heterocycles. The molecule has 0 radical (unpaired) electrons. The monoisotopic (exact) mass is 407 g/mol. The van der Waals surface area contributed by atoms with Gasteiger partial charge in [0.25, 0.3) is 0 Å². The number of ether oxygens (including phenoxy) is 2. The van der Waals surface area contributed by atoms with Crippen LogP contribution in [0, 0.1) is 5.82 Å². The summed E-state index contributed by atoms with van der Waals surface area (Å²) >= 11 is 0. The van der Waals surface area contributed by atoms with Crippen LogP contribution in [0.2, 0.25) is 0 Å². The lowest BCUT2D eigenvalue weighted by Crippen LogP contribution is -2.06. The van der Waals surface area contributed by atoms with Crippen molar-refractivity contribution in [1.82, 2.24) is 19.9 Å². The number of furan rings is 1. The van der Waals surface area contributed by atoms with Crippen LogP contribution in [-0.4, -0.2) is 34.2 Å². The molecule has 0 aliphatic rings. The SMILES string of the molecule is COc1cc(-c2cnc(NCc3cccc(F)c3)nc2-c2ccco2)nc(OC)n1. The van der Waals surface area contributed by atoms with E-state index in [4.69, 9.17) is 13.9 Å². The fourth-order valence-corrected chi connectivity index (χ4v) is 2.82. The van der Waals surface area contributed by atoms with Gasteiger partial charge < -0.3 is 19.2 Å². The number of nitrogens with zero attached hydrogens (tertiary/aromatic N) is 4. The van der Waals surface area contributed by atoms with E-state index in [1.807, 2.05) is 6.07 Å². The minimum Gasteiger partial charge on any atom is -0.481 e. The Hall–Kier alpha value is -4.01. The van der Waals surface area contributed by atoms with E-state index in [1.165, 1.54) is 26.4 Å². The molecule has 1 aromatic carbocycles. The number of benzene rings is 1. The standard InChI is InChI=1S/C21H18FN5O3/c1-28-18-10-16(25-21(26-18)29-2)15-12-24-20(27-19(15)17-7-4-8-30-17)23-11-13-5-3-6-14(22)9-13/h3-10,12H,11H2,1-2H3,(H,23,24,27). The summed E-state index contributed by atoms with van der Waals surface area (Å²) < 4.78 is 29.4. The molecule has 0 aliphatic carbocycles. The molecular weight excluding hydrogens is 389 g/mol. The highest BCUT2D eigenvalue weighted by Crippen LogP contribution is 2.32. The maximum absolute atomic E-state index is 13.4. The van der Waals surface area contributed by atoms with Crippen LogP contribution in [0.15, 0.2) is 59.3 Å². The molecule has 3 heterocycles. The number of rotatable bonds is 7. The second-order valence-corrected chi connectivity index (χ2v) is 6.20. The molecule has 30 heavy (non-hydrogen) atoms. The topological polar surface area (TPSA) is 95.2 Å². The van der Waals surface area contributed by atoms with Crippen molar-refractivity contribution in [3.8, 4) is 34.6 Å². The van der Waals surface area contributed by atoms with Crippen molar-refractivity contribution in [1.29, 1.82) is 0 Å². The first-order valence-corrected chi connectivity index (χ1v) is 9.03. The quantitative estimate of drug-likeness (QED) is 0.492. The summed E-state index contributed by atoms with van der Waals surface area (Å²) in [6.45, 7) is 0.365. The molecule has 0 saturated carbocycles. The predicted octanol–water partition coefficient (Wildman–Crippen LogP) is 3.96. The summed E-state index contributed by atoms with van der Waals surface area (Å²) in [6.07, 6.45) is 3.18. The number of halogens is 1. The molecule has 0 fully saturated rings. The Kier molecular flexibility index (Phi) is 5.51. The molecule has 4 aromatic rings. The van der Waals surface area contributed by atoms with Gasteiger partial charge in [-0.3, -0.25) is 0 Å². The van der Waals surface area contributed by atoms with E-state index in [9.17, 15) is 4.39 Å². The van der Waals surface area contributed by atoms with E-state index >= 15 is 0 Å². The van der Waals surface area contributed by atoms with Crippen molar-refractivity contribution in [2.45, 2.75) is 6.54 Å². The number of methoxy groups -OCH3 is 2. The normalized spacial score (nSPS) is 10.6. The molecule has 3 aromatic heterocycles. The first kappa shape index (κ1) is 19.3. The number of nitrogens with one attached hydrogen (secondary N) is 1. The smallest absolute Gasteiger partial charge is 0.320 e. The van der Waals surface area contributed by atoms with Crippen molar-refractivity contribution in [2.75, 3.05) is 19.5 Å². The summed E-state index contributed by atoms with van der Waals surface area (Å²) in [7, 11) is 2.98. The second-order valence-electron chi connectivity index (χ2n) is 6.20. The zero-order valence-electron chi connectivity index (χ0n) is 16.3. The maximum Gasteiger partial charge on any atom is 0.320 e. The lowest BCUT2D eigenvalue weighted by Gasteiger charge is -2.11. The molecular formula is C21H18FN5O3. The predicted molar refractivity (Wildman–Crippen MR) is 108 cm³/mol. The van der Waals surface area contributed by atoms with Crippen molar-refractivity contribution >= 4 is 5.95 Å². The van der Waals surface area contributed by atoms with Gasteiger partial charge in [-0.05, 0) is 29.8 Å². The largest absolute Gasteiger partial charge is 0.481 e. The Labute approximate surface area is 171 Å². The molecule has 0 bridgehead atoms. The van der Waals surface area contributed by atoms with Crippen molar-refractivity contribution in [3.63, 3.8) is 0 Å². The first-order valence-electron chi connectivity index (χ1n) is 9.03. The van der Waals surface area contributed by atoms with Crippen LogP contribution in [0.1, 0.15) is 5.56 Å². The van der Waals surface area contributed by atoms with Crippen LogP contribution < -0.4 is 14.8 Å². The Morgan fingerprint density at radius 1 is 1.03 bits per heavy atom. The zero-order valence-corrected chi connectivity index (χ0v) is 16.3. The van der Waals surface area contributed by atoms with Crippen LogP contribution in [0.5, 0.6) is 11.9 Å². The Morgan fingerprint density at radius 3 is 2.67 bits per heavy atom. The summed E-state index contributed by atoms with van der Waals surface area (Å²) in [6, 6.07) is 11.7. The average Bonchev–Trinajstić information content (AvgIpc) is 3.32. The van der Waals surface area contributed by atoms with Crippen LogP contribution in [0.25, 0.3) is 22.7 Å². The molecule has 1 N–H and O–H groups in total. The van der Waals surface area contributed by atoms with E-state index in [-0.39, 0.29) is 11.8 Å². The molecule has 9 heteroatoms. The van der Waals surface area contributed by atoms with Gasteiger partial charge in [-0.1, -0.05) is 12.1 Å². The molecule has 0 amide bonds. The number of aromatic nitrogens is 4. The molecule has 0 aliphatic heterocycles. The van der Waals surface area contributed by atoms with Gasteiger partial charge >= 0.3 is 6.01 Å². The number of hydrogen-bond acceptors (Lipinski definition) is 8. The summed E-state index contributed by atoms with van der Waals surface area (Å²) in [5.74, 6) is 0.948. The maximum atomic E-state index is 13.4. The Balaban J connectivity index is 1.71. The first-order chi connectivity index (χ1) is 14.7. The van der Waals surface area contributed by atoms with Gasteiger partial charge in [0.05, 0.1) is 26.2 Å². The van der Waals surface area contributed by atoms with Gasteiger partial charge in [0.2, 0.25) is 11.8 Å². The highest BCUT2D eigenvalue weighted by atomic mass is 19.1. The zero-order chi connectivity index (χ0) is 20.9. The number of anilines is 1. The van der Waals surface area contributed by atoms with E-state index in [0.717, 1.165) is 5.56 Å². The van der Waals surface area contributed by atoms with Crippen LogP contribution >= 0.6 is 0 Å².